The van der Waals surface area contributed by atoms with Gasteiger partial charge >= 0.3 is 6.09 Å². The summed E-state index contributed by atoms with van der Waals surface area (Å²) < 4.78 is 5.92. The quantitative estimate of drug-likeness (QED) is 0.418. The van der Waals surface area contributed by atoms with Crippen LogP contribution in [-0.2, 0) is 10.3 Å². The highest BCUT2D eigenvalue weighted by atomic mass is 16.5. The molecule has 2 aromatic carbocycles. The Balaban J connectivity index is 1.62. The van der Waals surface area contributed by atoms with E-state index >= 15 is 0 Å². The van der Waals surface area contributed by atoms with Gasteiger partial charge in [0, 0.05) is 24.2 Å². The number of carbonyl (C=O) groups excluding carboxylic acids is 1. The van der Waals surface area contributed by atoms with Gasteiger partial charge in [0.1, 0.15) is 12.2 Å². The molecule has 2 amide bonds. The van der Waals surface area contributed by atoms with Crippen LogP contribution in [0.3, 0.4) is 0 Å². The highest BCUT2D eigenvalue weighted by Crippen LogP contribution is 2.44. The first-order chi connectivity index (χ1) is 18.0. The zero-order valence-corrected chi connectivity index (χ0v) is 20.1. The molecule has 2 aliphatic rings. The molecule has 0 saturated heterocycles. The molecule has 2 heterocycles. The zero-order chi connectivity index (χ0) is 26.0. The number of carbonyl (C=O) groups is 2. The first-order valence-electron chi connectivity index (χ1n) is 12.1. The van der Waals surface area contributed by atoms with E-state index in [1.54, 1.807) is 0 Å². The molecule has 0 spiro atoms. The van der Waals surface area contributed by atoms with E-state index in [0.717, 1.165) is 41.5 Å². The highest BCUT2D eigenvalue weighted by molar-refractivity contribution is 6.01. The lowest BCUT2D eigenvalue weighted by atomic mass is 9.71. The second-order valence-corrected chi connectivity index (χ2v) is 9.22. The number of benzene rings is 2. The summed E-state index contributed by atoms with van der Waals surface area (Å²) in [4.78, 5) is 30.5. The van der Waals surface area contributed by atoms with Crippen molar-refractivity contribution in [3.8, 4) is 34.3 Å². The van der Waals surface area contributed by atoms with Crippen molar-refractivity contribution in [3.05, 3.63) is 66.2 Å². The molecule has 1 atom stereocenters. The van der Waals surface area contributed by atoms with Crippen LogP contribution in [0.2, 0.25) is 0 Å². The standard InChI is InChI=1S/C28H26N4O5/c29-14-15-32-22-17-21(18-5-2-1-3-6-18)24(30-25(22)37-23(11-16-33)26(32)34)19-7-9-20(10-8-19)28(12-4-13-28)31-27(35)36/h1-3,5-10,17,23,31,33H,4,11-13,15-16H2,(H,35,36). The molecular formula is C28H26N4O5. The predicted molar refractivity (Wildman–Crippen MR) is 136 cm³/mol. The number of rotatable bonds is 7. The number of hydrogen-bond acceptors (Lipinski definition) is 6. The van der Waals surface area contributed by atoms with Crippen LogP contribution in [0.1, 0.15) is 31.2 Å². The van der Waals surface area contributed by atoms with Gasteiger partial charge in [-0.1, -0.05) is 54.6 Å². The summed E-state index contributed by atoms with van der Waals surface area (Å²) >= 11 is 0. The topological polar surface area (TPSA) is 136 Å². The molecule has 1 aliphatic carbocycles. The average molecular weight is 499 g/mol. The number of nitrogens with zero attached hydrogens (tertiary/aromatic N) is 3. The summed E-state index contributed by atoms with van der Waals surface area (Å²) in [7, 11) is 0. The Kier molecular flexibility index (Phi) is 6.51. The minimum absolute atomic E-state index is 0.0883. The van der Waals surface area contributed by atoms with Crippen LogP contribution in [0.15, 0.2) is 60.7 Å². The Labute approximate surface area is 213 Å². The van der Waals surface area contributed by atoms with E-state index < -0.39 is 23.6 Å². The number of anilines is 1. The van der Waals surface area contributed by atoms with Gasteiger partial charge in [0.05, 0.1) is 17.3 Å². The smallest absolute Gasteiger partial charge is 0.405 e. The number of fused-ring (bicyclic) bond motifs is 1. The molecule has 9 nitrogen and oxygen atoms in total. The summed E-state index contributed by atoms with van der Waals surface area (Å²) in [5.41, 5.74) is 3.78. The molecule has 3 N–H and O–H groups in total. The van der Waals surface area contributed by atoms with Crippen LogP contribution in [0.4, 0.5) is 10.5 Å². The fourth-order valence-corrected chi connectivity index (χ4v) is 5.00. The maximum atomic E-state index is 13.0. The molecule has 188 valence electrons. The Morgan fingerprint density at radius 2 is 1.89 bits per heavy atom. The first kappa shape index (κ1) is 24.3. The van der Waals surface area contributed by atoms with Crippen molar-refractivity contribution in [2.24, 2.45) is 0 Å². The lowest BCUT2D eigenvalue weighted by Gasteiger charge is -2.42. The van der Waals surface area contributed by atoms with Gasteiger partial charge in [-0.25, -0.2) is 9.78 Å². The van der Waals surface area contributed by atoms with E-state index in [9.17, 15) is 25.1 Å². The van der Waals surface area contributed by atoms with E-state index in [4.69, 9.17) is 9.72 Å². The molecule has 0 bridgehead atoms. The number of aliphatic hydroxyl groups is 1. The Morgan fingerprint density at radius 3 is 2.49 bits per heavy atom. The van der Waals surface area contributed by atoms with Crippen LogP contribution >= 0.6 is 0 Å². The lowest BCUT2D eigenvalue weighted by Crippen LogP contribution is -2.50. The van der Waals surface area contributed by atoms with Crippen molar-refractivity contribution in [2.45, 2.75) is 37.3 Å². The second-order valence-electron chi connectivity index (χ2n) is 9.22. The van der Waals surface area contributed by atoms with Gasteiger partial charge in [0.15, 0.2) is 6.10 Å². The molecule has 1 unspecified atom stereocenters. The molecule has 1 aromatic heterocycles. The molecule has 1 aliphatic heterocycles. The number of nitriles is 1. The van der Waals surface area contributed by atoms with Crippen LogP contribution in [0.5, 0.6) is 5.88 Å². The van der Waals surface area contributed by atoms with Crippen LogP contribution in [-0.4, -0.2) is 46.5 Å². The van der Waals surface area contributed by atoms with Crippen LogP contribution in [0.25, 0.3) is 22.4 Å². The third kappa shape index (κ3) is 4.47. The molecule has 37 heavy (non-hydrogen) atoms. The summed E-state index contributed by atoms with van der Waals surface area (Å²) in [5.74, 6) is -0.173. The van der Waals surface area contributed by atoms with E-state index in [0.29, 0.717) is 11.4 Å². The molecule has 5 rings (SSSR count). The molecule has 1 saturated carbocycles. The van der Waals surface area contributed by atoms with Crippen molar-refractivity contribution < 1.29 is 24.5 Å². The number of nitrogens with one attached hydrogen (secondary N) is 1. The third-order valence-corrected chi connectivity index (χ3v) is 7.02. The van der Waals surface area contributed by atoms with Gasteiger partial charge in [0.25, 0.3) is 5.91 Å². The highest BCUT2D eigenvalue weighted by Gasteiger charge is 2.40. The lowest BCUT2D eigenvalue weighted by molar-refractivity contribution is -0.127. The zero-order valence-electron chi connectivity index (χ0n) is 20.1. The van der Waals surface area contributed by atoms with Crippen molar-refractivity contribution in [3.63, 3.8) is 0 Å². The average Bonchev–Trinajstić information content (AvgIpc) is 2.89. The van der Waals surface area contributed by atoms with Gasteiger partial charge < -0.3 is 20.3 Å². The number of carboxylic acid groups (broad SMARTS) is 1. The normalized spacial score (nSPS) is 17.7. The number of hydrogen-bond donors (Lipinski definition) is 3. The second kappa shape index (κ2) is 9.91. The Morgan fingerprint density at radius 1 is 1.16 bits per heavy atom. The predicted octanol–water partition coefficient (Wildman–Crippen LogP) is 4.06. The maximum absolute atomic E-state index is 13.0. The van der Waals surface area contributed by atoms with Gasteiger partial charge in [-0.05, 0) is 36.5 Å². The monoisotopic (exact) mass is 498 g/mol. The summed E-state index contributed by atoms with van der Waals surface area (Å²) in [5, 5.41) is 30.8. The summed E-state index contributed by atoms with van der Waals surface area (Å²) in [6.07, 6.45) is 0.554. The number of aliphatic hydroxyl groups excluding tert-OH is 1. The Bertz CT molecular complexity index is 1360. The Hall–Kier alpha value is -4.42. The van der Waals surface area contributed by atoms with E-state index in [1.165, 1.54) is 4.90 Å². The van der Waals surface area contributed by atoms with Crippen molar-refractivity contribution in [1.29, 1.82) is 5.26 Å². The van der Waals surface area contributed by atoms with E-state index in [1.807, 2.05) is 66.7 Å². The first-order valence-corrected chi connectivity index (χ1v) is 12.1. The van der Waals surface area contributed by atoms with Gasteiger partial charge in [0.2, 0.25) is 5.88 Å². The van der Waals surface area contributed by atoms with Crippen molar-refractivity contribution >= 4 is 17.7 Å². The minimum Gasteiger partial charge on any atom is -0.465 e. The summed E-state index contributed by atoms with van der Waals surface area (Å²) in [6.45, 7) is -0.408. The third-order valence-electron chi connectivity index (χ3n) is 7.02. The van der Waals surface area contributed by atoms with Gasteiger partial charge in [-0.3, -0.25) is 9.69 Å². The molecule has 1 fully saturated rings. The number of pyridine rings is 1. The number of aromatic nitrogens is 1. The van der Waals surface area contributed by atoms with Gasteiger partial charge in [-0.2, -0.15) is 5.26 Å². The van der Waals surface area contributed by atoms with Crippen molar-refractivity contribution in [1.82, 2.24) is 10.3 Å². The van der Waals surface area contributed by atoms with Crippen LogP contribution in [0, 0.1) is 11.3 Å². The van der Waals surface area contributed by atoms with Crippen molar-refractivity contribution in [2.75, 3.05) is 18.1 Å². The fourth-order valence-electron chi connectivity index (χ4n) is 5.00. The van der Waals surface area contributed by atoms with Crippen LogP contribution < -0.4 is 15.0 Å². The molecular weight excluding hydrogens is 472 g/mol. The number of ether oxygens (including phenoxy) is 1. The summed E-state index contributed by atoms with van der Waals surface area (Å²) in [6, 6.07) is 21.1. The van der Waals surface area contributed by atoms with E-state index in [-0.39, 0.29) is 25.5 Å². The number of amides is 2. The van der Waals surface area contributed by atoms with Gasteiger partial charge in [-0.15, -0.1) is 0 Å². The minimum atomic E-state index is -1.04. The fraction of sp³-hybridized carbons (Fsp3) is 0.286. The SMILES string of the molecule is N#CCN1C(=O)C(CCO)Oc2nc(-c3ccc(C4(NC(=O)O)CCC4)cc3)c(-c3ccccc3)cc21. The maximum Gasteiger partial charge on any atom is 0.405 e. The molecule has 9 heteroatoms. The molecule has 0 radical (unpaired) electrons. The van der Waals surface area contributed by atoms with E-state index in [2.05, 4.69) is 5.32 Å². The largest absolute Gasteiger partial charge is 0.465 e. The molecule has 3 aromatic rings.